The first-order valence-electron chi connectivity index (χ1n) is 9.15. The Bertz CT molecular complexity index is 935. The van der Waals surface area contributed by atoms with Gasteiger partial charge in [-0.1, -0.05) is 36.4 Å². The summed E-state index contributed by atoms with van der Waals surface area (Å²) in [5, 5.41) is 2.35. The summed E-state index contributed by atoms with van der Waals surface area (Å²) in [5.74, 6) is -0.961. The Morgan fingerprint density at radius 1 is 0.964 bits per heavy atom. The average Bonchev–Trinajstić information content (AvgIpc) is 3.49. The topological polar surface area (TPSA) is 49.4 Å². The molecule has 2 aliphatic rings. The van der Waals surface area contributed by atoms with E-state index in [9.17, 15) is 22.8 Å². The van der Waals surface area contributed by atoms with E-state index in [0.717, 1.165) is 11.6 Å². The average molecular weight is 388 g/mol. The van der Waals surface area contributed by atoms with Crippen LogP contribution in [0.5, 0.6) is 0 Å². The van der Waals surface area contributed by atoms with Crippen molar-refractivity contribution in [2.75, 3.05) is 11.9 Å². The van der Waals surface area contributed by atoms with Crippen LogP contribution < -0.4 is 5.32 Å². The third-order valence-corrected chi connectivity index (χ3v) is 5.49. The van der Waals surface area contributed by atoms with Crippen molar-refractivity contribution in [1.29, 1.82) is 0 Å². The van der Waals surface area contributed by atoms with Gasteiger partial charge in [0, 0.05) is 13.1 Å². The highest BCUT2D eigenvalue weighted by atomic mass is 19.4. The molecule has 1 N–H and O–H groups in total. The predicted molar refractivity (Wildman–Crippen MR) is 97.3 cm³/mol. The van der Waals surface area contributed by atoms with Crippen molar-refractivity contribution >= 4 is 17.5 Å². The Labute approximate surface area is 160 Å². The molecule has 4 nitrogen and oxygen atoms in total. The maximum atomic E-state index is 13.2. The van der Waals surface area contributed by atoms with Crippen molar-refractivity contribution in [2.24, 2.45) is 5.41 Å². The summed E-state index contributed by atoms with van der Waals surface area (Å²) in [6, 6.07) is 12.6. The van der Waals surface area contributed by atoms with Crippen LogP contribution in [0.2, 0.25) is 0 Å². The quantitative estimate of drug-likeness (QED) is 0.808. The fourth-order valence-electron chi connectivity index (χ4n) is 3.72. The summed E-state index contributed by atoms with van der Waals surface area (Å²) in [4.78, 5) is 27.5. The van der Waals surface area contributed by atoms with E-state index in [2.05, 4.69) is 5.32 Å². The Balaban J connectivity index is 1.52. The Hall–Kier alpha value is -2.83. The largest absolute Gasteiger partial charge is 0.418 e. The van der Waals surface area contributed by atoms with Gasteiger partial charge in [-0.15, -0.1) is 0 Å². The van der Waals surface area contributed by atoms with Gasteiger partial charge in [0.2, 0.25) is 11.8 Å². The highest BCUT2D eigenvalue weighted by Crippen LogP contribution is 2.49. The molecule has 1 aliphatic carbocycles. The first-order chi connectivity index (χ1) is 13.3. The molecule has 2 amide bonds. The molecule has 1 saturated carbocycles. The number of carbonyl (C=O) groups is 2. The molecule has 0 atom stereocenters. The van der Waals surface area contributed by atoms with Gasteiger partial charge < -0.3 is 10.2 Å². The van der Waals surface area contributed by atoms with E-state index in [1.165, 1.54) is 23.8 Å². The van der Waals surface area contributed by atoms with Crippen molar-refractivity contribution in [3.63, 3.8) is 0 Å². The molecule has 0 unspecified atom stereocenters. The van der Waals surface area contributed by atoms with Gasteiger partial charge >= 0.3 is 6.18 Å². The number of amides is 2. The van der Waals surface area contributed by atoms with Gasteiger partial charge in [0.25, 0.3) is 0 Å². The van der Waals surface area contributed by atoms with Crippen LogP contribution in [0.3, 0.4) is 0 Å². The second-order valence-electron chi connectivity index (χ2n) is 7.32. The number of halogens is 3. The van der Waals surface area contributed by atoms with Crippen LogP contribution in [0.1, 0.15) is 29.5 Å². The first kappa shape index (κ1) is 18.5. The number of hydrogen-bond donors (Lipinski definition) is 1. The zero-order valence-corrected chi connectivity index (χ0v) is 15.1. The maximum Gasteiger partial charge on any atom is 0.418 e. The van der Waals surface area contributed by atoms with Crippen LogP contribution in [-0.2, 0) is 28.7 Å². The molecule has 0 saturated heterocycles. The Kier molecular flexibility index (Phi) is 4.40. The SMILES string of the molecule is O=C(Nc1ccccc1C(F)(F)F)C1(C(=O)N2CCc3ccccc3C2)CC1. The predicted octanol–water partition coefficient (Wildman–Crippen LogP) is 4.01. The molecule has 2 aromatic rings. The van der Waals surface area contributed by atoms with Crippen molar-refractivity contribution in [3.8, 4) is 0 Å². The molecule has 2 aromatic carbocycles. The second kappa shape index (κ2) is 6.65. The maximum absolute atomic E-state index is 13.2. The smallest absolute Gasteiger partial charge is 0.337 e. The molecule has 7 heteroatoms. The van der Waals surface area contributed by atoms with E-state index < -0.39 is 23.1 Å². The molecule has 0 radical (unpaired) electrons. The van der Waals surface area contributed by atoms with Crippen LogP contribution in [0, 0.1) is 5.41 Å². The number of nitrogens with one attached hydrogen (secondary N) is 1. The van der Waals surface area contributed by atoms with Crippen LogP contribution in [0.25, 0.3) is 0 Å². The summed E-state index contributed by atoms with van der Waals surface area (Å²) in [7, 11) is 0. The molecule has 1 fully saturated rings. The van der Waals surface area contributed by atoms with Gasteiger partial charge in [-0.3, -0.25) is 9.59 Å². The van der Waals surface area contributed by atoms with Gasteiger partial charge in [0.05, 0.1) is 11.3 Å². The van der Waals surface area contributed by atoms with Crippen molar-refractivity contribution in [2.45, 2.75) is 32.0 Å². The first-order valence-corrected chi connectivity index (χ1v) is 9.15. The molecule has 146 valence electrons. The standard InChI is InChI=1S/C21H19F3N2O2/c22-21(23,24)16-7-3-4-8-17(16)25-18(27)20(10-11-20)19(28)26-12-9-14-5-1-2-6-15(14)13-26/h1-8H,9-13H2,(H,25,27). The van der Waals surface area contributed by atoms with E-state index >= 15 is 0 Å². The molecule has 0 bridgehead atoms. The number of benzene rings is 2. The minimum atomic E-state index is -4.58. The lowest BCUT2D eigenvalue weighted by Gasteiger charge is -2.31. The number of rotatable bonds is 3. The van der Waals surface area contributed by atoms with Gasteiger partial charge in [0.1, 0.15) is 5.41 Å². The van der Waals surface area contributed by atoms with E-state index in [4.69, 9.17) is 0 Å². The Morgan fingerprint density at radius 3 is 2.29 bits per heavy atom. The number of alkyl halides is 3. The number of fused-ring (bicyclic) bond motifs is 1. The van der Waals surface area contributed by atoms with Gasteiger partial charge in [-0.2, -0.15) is 13.2 Å². The molecular formula is C21H19F3N2O2. The number of nitrogens with zero attached hydrogens (tertiary/aromatic N) is 1. The highest BCUT2D eigenvalue weighted by Gasteiger charge is 2.58. The molecule has 28 heavy (non-hydrogen) atoms. The van der Waals surface area contributed by atoms with Crippen LogP contribution in [0.15, 0.2) is 48.5 Å². The van der Waals surface area contributed by atoms with Gasteiger partial charge in [-0.25, -0.2) is 0 Å². The van der Waals surface area contributed by atoms with E-state index in [1.807, 2.05) is 24.3 Å². The van der Waals surface area contributed by atoms with Gasteiger partial charge in [-0.05, 0) is 42.5 Å². The molecule has 0 spiro atoms. The van der Waals surface area contributed by atoms with E-state index in [1.54, 1.807) is 4.90 Å². The lowest BCUT2D eigenvalue weighted by molar-refractivity contribution is -0.143. The minimum absolute atomic E-state index is 0.302. The number of hydrogen-bond acceptors (Lipinski definition) is 2. The lowest BCUT2D eigenvalue weighted by atomic mass is 9.96. The Morgan fingerprint density at radius 2 is 1.61 bits per heavy atom. The van der Waals surface area contributed by atoms with Crippen LogP contribution >= 0.6 is 0 Å². The van der Waals surface area contributed by atoms with E-state index in [-0.39, 0.29) is 11.6 Å². The molecular weight excluding hydrogens is 369 g/mol. The minimum Gasteiger partial charge on any atom is -0.337 e. The van der Waals surface area contributed by atoms with Crippen molar-refractivity contribution in [3.05, 3.63) is 65.2 Å². The zero-order valence-electron chi connectivity index (χ0n) is 15.1. The molecule has 4 rings (SSSR count). The summed E-state index contributed by atoms with van der Waals surface area (Å²) in [6.45, 7) is 0.924. The number of para-hydroxylation sites is 1. The van der Waals surface area contributed by atoms with Crippen molar-refractivity contribution < 1.29 is 22.8 Å². The fourth-order valence-corrected chi connectivity index (χ4v) is 3.72. The highest BCUT2D eigenvalue weighted by molar-refractivity contribution is 6.13. The lowest BCUT2D eigenvalue weighted by Crippen LogP contribution is -2.45. The molecule has 0 aromatic heterocycles. The second-order valence-corrected chi connectivity index (χ2v) is 7.32. The summed E-state index contributed by atoms with van der Waals surface area (Å²) in [6.07, 6.45) is -3.17. The molecule has 1 heterocycles. The number of anilines is 1. The van der Waals surface area contributed by atoms with E-state index in [0.29, 0.717) is 32.4 Å². The zero-order chi connectivity index (χ0) is 19.9. The third-order valence-electron chi connectivity index (χ3n) is 5.49. The normalized spacial score (nSPS) is 17.6. The van der Waals surface area contributed by atoms with Crippen LogP contribution in [0.4, 0.5) is 18.9 Å². The van der Waals surface area contributed by atoms with Gasteiger partial charge in [0.15, 0.2) is 0 Å². The summed E-state index contributed by atoms with van der Waals surface area (Å²) in [5.41, 5.74) is -0.271. The monoisotopic (exact) mass is 388 g/mol. The number of carbonyl (C=O) groups excluding carboxylic acids is 2. The van der Waals surface area contributed by atoms with Crippen molar-refractivity contribution in [1.82, 2.24) is 4.90 Å². The molecule has 1 aliphatic heterocycles. The third kappa shape index (κ3) is 3.25. The summed E-state index contributed by atoms with van der Waals surface area (Å²) < 4.78 is 39.5. The fraction of sp³-hybridized carbons (Fsp3) is 0.333. The summed E-state index contributed by atoms with van der Waals surface area (Å²) >= 11 is 0. The van der Waals surface area contributed by atoms with Crippen LogP contribution in [-0.4, -0.2) is 23.3 Å².